The SMILES string of the molecule is O=C1C(=O)N(Cc2ccccc2CN2C(=O)C(=O)c3ccccc32)c2ccccc21. The quantitative estimate of drug-likeness (QED) is 0.635. The third-order valence-corrected chi connectivity index (χ3v) is 5.53. The Kier molecular flexibility index (Phi) is 4.06. The number of hydrogen-bond acceptors (Lipinski definition) is 4. The molecule has 0 bridgehead atoms. The van der Waals surface area contributed by atoms with E-state index in [9.17, 15) is 19.2 Å². The molecule has 6 heteroatoms. The first-order valence-corrected chi connectivity index (χ1v) is 9.53. The molecule has 0 saturated heterocycles. The lowest BCUT2D eigenvalue weighted by Crippen LogP contribution is -2.32. The second kappa shape index (κ2) is 6.77. The van der Waals surface area contributed by atoms with Crippen LogP contribution in [0.5, 0.6) is 0 Å². The van der Waals surface area contributed by atoms with Gasteiger partial charge < -0.3 is 9.80 Å². The highest BCUT2D eigenvalue weighted by molar-refractivity contribution is 6.52. The fourth-order valence-electron chi connectivity index (χ4n) is 4.02. The highest BCUT2D eigenvalue weighted by atomic mass is 16.2. The highest BCUT2D eigenvalue weighted by Gasteiger charge is 2.37. The Hall–Kier alpha value is -4.06. The maximum absolute atomic E-state index is 12.5. The Morgan fingerprint density at radius 3 is 1.30 bits per heavy atom. The molecule has 146 valence electrons. The van der Waals surface area contributed by atoms with Gasteiger partial charge in [-0.15, -0.1) is 0 Å². The van der Waals surface area contributed by atoms with E-state index in [1.54, 1.807) is 48.5 Å². The van der Waals surface area contributed by atoms with Crippen LogP contribution in [-0.2, 0) is 22.7 Å². The fraction of sp³-hybridized carbons (Fsp3) is 0.0833. The Morgan fingerprint density at radius 2 is 0.867 bits per heavy atom. The smallest absolute Gasteiger partial charge is 0.299 e. The molecule has 0 atom stereocenters. The lowest BCUT2D eigenvalue weighted by molar-refractivity contribution is -0.115. The van der Waals surface area contributed by atoms with Gasteiger partial charge in [0.15, 0.2) is 0 Å². The van der Waals surface area contributed by atoms with Crippen molar-refractivity contribution >= 4 is 34.8 Å². The van der Waals surface area contributed by atoms with Crippen LogP contribution in [-0.4, -0.2) is 23.4 Å². The summed E-state index contributed by atoms with van der Waals surface area (Å²) in [6, 6.07) is 21.2. The summed E-state index contributed by atoms with van der Waals surface area (Å²) >= 11 is 0. The van der Waals surface area contributed by atoms with Crippen LogP contribution in [0.2, 0.25) is 0 Å². The molecule has 2 aliphatic rings. The molecule has 0 aromatic heterocycles. The molecule has 2 aliphatic heterocycles. The number of benzene rings is 3. The molecular formula is C24H16N2O4. The van der Waals surface area contributed by atoms with Gasteiger partial charge in [-0.05, 0) is 35.4 Å². The van der Waals surface area contributed by atoms with Crippen molar-refractivity contribution in [1.29, 1.82) is 0 Å². The van der Waals surface area contributed by atoms with E-state index >= 15 is 0 Å². The number of amides is 2. The molecule has 30 heavy (non-hydrogen) atoms. The summed E-state index contributed by atoms with van der Waals surface area (Å²) in [6.07, 6.45) is 0. The second-order valence-electron chi connectivity index (χ2n) is 7.24. The molecule has 0 radical (unpaired) electrons. The minimum absolute atomic E-state index is 0.204. The van der Waals surface area contributed by atoms with Crippen molar-refractivity contribution in [2.24, 2.45) is 0 Å². The second-order valence-corrected chi connectivity index (χ2v) is 7.24. The van der Waals surface area contributed by atoms with Gasteiger partial charge >= 0.3 is 0 Å². The normalized spacial score (nSPS) is 15.1. The number of carbonyl (C=O) groups is 4. The molecule has 0 unspecified atom stereocenters. The molecular weight excluding hydrogens is 380 g/mol. The van der Waals surface area contributed by atoms with Crippen LogP contribution in [0.3, 0.4) is 0 Å². The average Bonchev–Trinajstić information content (AvgIpc) is 3.16. The van der Waals surface area contributed by atoms with Crippen LogP contribution >= 0.6 is 0 Å². The first kappa shape index (κ1) is 18.0. The van der Waals surface area contributed by atoms with Crippen LogP contribution in [0.25, 0.3) is 0 Å². The van der Waals surface area contributed by atoms with E-state index in [4.69, 9.17) is 0 Å². The van der Waals surface area contributed by atoms with Gasteiger partial charge in [-0.3, -0.25) is 19.2 Å². The first-order chi connectivity index (χ1) is 14.6. The number of ketones is 2. The predicted molar refractivity (Wildman–Crippen MR) is 110 cm³/mol. The third-order valence-electron chi connectivity index (χ3n) is 5.53. The molecule has 0 fully saturated rings. The number of anilines is 2. The number of nitrogens with zero attached hydrogens (tertiary/aromatic N) is 2. The lowest BCUT2D eigenvalue weighted by Gasteiger charge is -2.22. The van der Waals surface area contributed by atoms with Gasteiger partial charge in [-0.25, -0.2) is 0 Å². The number of Topliss-reactive ketones (excluding diaryl/α,β-unsaturated/α-hetero) is 2. The van der Waals surface area contributed by atoms with Gasteiger partial charge in [0, 0.05) is 0 Å². The summed E-state index contributed by atoms with van der Waals surface area (Å²) in [7, 11) is 0. The van der Waals surface area contributed by atoms with Gasteiger partial charge in [0.25, 0.3) is 23.4 Å². The first-order valence-electron chi connectivity index (χ1n) is 9.53. The molecule has 2 amide bonds. The van der Waals surface area contributed by atoms with Crippen molar-refractivity contribution in [3.63, 3.8) is 0 Å². The Bertz CT molecular complexity index is 1150. The lowest BCUT2D eigenvalue weighted by atomic mass is 10.1. The Morgan fingerprint density at radius 1 is 0.500 bits per heavy atom. The van der Waals surface area contributed by atoms with E-state index in [0.717, 1.165) is 11.1 Å². The maximum atomic E-state index is 12.5. The van der Waals surface area contributed by atoms with Gasteiger partial charge in [0.05, 0.1) is 35.6 Å². The van der Waals surface area contributed by atoms with E-state index in [0.29, 0.717) is 22.5 Å². The van der Waals surface area contributed by atoms with Crippen LogP contribution in [0.4, 0.5) is 11.4 Å². The standard InChI is InChI=1S/C24H16N2O4/c27-21-17-9-3-5-11-19(17)25(23(21)29)13-15-7-1-2-8-16(15)14-26-20-12-6-4-10-18(20)22(28)24(26)30/h1-12H,13-14H2. The Labute approximate surface area is 172 Å². The van der Waals surface area contributed by atoms with Crippen molar-refractivity contribution in [2.45, 2.75) is 13.1 Å². The Balaban J connectivity index is 1.48. The van der Waals surface area contributed by atoms with Crippen LogP contribution in [0.1, 0.15) is 31.8 Å². The summed E-state index contributed by atoms with van der Waals surface area (Å²) in [5.41, 5.74) is 3.57. The van der Waals surface area contributed by atoms with Crippen molar-refractivity contribution in [3.05, 3.63) is 95.1 Å². The minimum Gasteiger partial charge on any atom is -0.300 e. The molecule has 2 heterocycles. The van der Waals surface area contributed by atoms with Gasteiger partial charge in [-0.1, -0.05) is 48.5 Å². The number of hydrogen-bond donors (Lipinski definition) is 0. The van der Waals surface area contributed by atoms with E-state index in [-0.39, 0.29) is 13.1 Å². The zero-order chi connectivity index (χ0) is 20.8. The van der Waals surface area contributed by atoms with E-state index < -0.39 is 23.4 Å². The molecule has 5 rings (SSSR count). The molecule has 3 aromatic carbocycles. The largest absolute Gasteiger partial charge is 0.300 e. The summed E-state index contributed by atoms with van der Waals surface area (Å²) in [5.74, 6) is -2.16. The van der Waals surface area contributed by atoms with Gasteiger partial charge in [-0.2, -0.15) is 0 Å². The molecule has 0 saturated carbocycles. The van der Waals surface area contributed by atoms with Crippen molar-refractivity contribution in [3.8, 4) is 0 Å². The fourth-order valence-corrected chi connectivity index (χ4v) is 4.02. The van der Waals surface area contributed by atoms with E-state index in [2.05, 4.69) is 0 Å². The maximum Gasteiger partial charge on any atom is 0.299 e. The molecule has 3 aromatic rings. The summed E-state index contributed by atoms with van der Waals surface area (Å²) in [6.45, 7) is 0.408. The zero-order valence-corrected chi connectivity index (χ0v) is 15.9. The molecule has 0 spiro atoms. The van der Waals surface area contributed by atoms with Crippen molar-refractivity contribution < 1.29 is 19.2 Å². The highest BCUT2D eigenvalue weighted by Crippen LogP contribution is 2.33. The number of carbonyl (C=O) groups excluding carboxylic acids is 4. The van der Waals surface area contributed by atoms with E-state index in [1.807, 2.05) is 24.3 Å². The van der Waals surface area contributed by atoms with Crippen molar-refractivity contribution in [1.82, 2.24) is 0 Å². The predicted octanol–water partition coefficient (Wildman–Crippen LogP) is 3.15. The summed E-state index contributed by atoms with van der Waals surface area (Å²) < 4.78 is 0. The molecule has 0 aliphatic carbocycles. The van der Waals surface area contributed by atoms with Crippen molar-refractivity contribution in [2.75, 3.05) is 9.80 Å². The van der Waals surface area contributed by atoms with Gasteiger partial charge in [0.2, 0.25) is 0 Å². The monoisotopic (exact) mass is 396 g/mol. The summed E-state index contributed by atoms with van der Waals surface area (Å²) in [4.78, 5) is 52.6. The van der Waals surface area contributed by atoms with E-state index in [1.165, 1.54) is 9.80 Å². The zero-order valence-electron chi connectivity index (χ0n) is 15.9. The number of para-hydroxylation sites is 2. The van der Waals surface area contributed by atoms with Crippen LogP contribution < -0.4 is 9.80 Å². The topological polar surface area (TPSA) is 74.8 Å². The van der Waals surface area contributed by atoms with Gasteiger partial charge in [0.1, 0.15) is 0 Å². The molecule has 0 N–H and O–H groups in total. The average molecular weight is 396 g/mol. The minimum atomic E-state index is -0.566. The number of fused-ring (bicyclic) bond motifs is 2. The third kappa shape index (κ3) is 2.65. The molecule has 6 nitrogen and oxygen atoms in total. The van der Waals surface area contributed by atoms with Crippen LogP contribution in [0, 0.1) is 0 Å². The number of rotatable bonds is 4. The summed E-state index contributed by atoms with van der Waals surface area (Å²) in [5, 5.41) is 0. The van der Waals surface area contributed by atoms with Crippen LogP contribution in [0.15, 0.2) is 72.8 Å².